The normalized spacial score (nSPS) is 16.2. The van der Waals surface area contributed by atoms with Crippen molar-refractivity contribution in [1.82, 2.24) is 0 Å². The van der Waals surface area contributed by atoms with E-state index < -0.39 is 0 Å². The summed E-state index contributed by atoms with van der Waals surface area (Å²) in [6.07, 6.45) is 2.08. The van der Waals surface area contributed by atoms with Gasteiger partial charge in [-0.05, 0) is 11.6 Å². The van der Waals surface area contributed by atoms with E-state index in [0.29, 0.717) is 13.2 Å². The smallest absolute Gasteiger partial charge is 0.0725 e. The first-order chi connectivity index (χ1) is 5.88. The van der Waals surface area contributed by atoms with Gasteiger partial charge in [0.1, 0.15) is 0 Å². The highest BCUT2D eigenvalue weighted by Crippen LogP contribution is 2.23. The third-order valence-corrected chi connectivity index (χ3v) is 2.01. The predicted molar refractivity (Wildman–Crippen MR) is 49.7 cm³/mol. The second-order valence-corrected chi connectivity index (χ2v) is 2.83. The Morgan fingerprint density at radius 1 is 1.25 bits per heavy atom. The number of rotatable bonds is 1. The quantitative estimate of drug-likeness (QED) is 0.636. The lowest BCUT2D eigenvalue weighted by Crippen LogP contribution is -1.94. The van der Waals surface area contributed by atoms with E-state index in [1.165, 1.54) is 5.57 Å². The number of nitrogens with two attached hydrogens (primary N) is 1. The van der Waals surface area contributed by atoms with Crippen molar-refractivity contribution in [1.29, 1.82) is 0 Å². The second-order valence-electron chi connectivity index (χ2n) is 2.83. The minimum atomic E-state index is 0.689. The van der Waals surface area contributed by atoms with Crippen LogP contribution in [-0.4, -0.2) is 13.2 Å². The van der Waals surface area contributed by atoms with E-state index in [1.807, 2.05) is 24.3 Å². The van der Waals surface area contributed by atoms with Crippen LogP contribution >= 0.6 is 0 Å². The molecule has 0 unspecified atom stereocenters. The molecule has 2 N–H and O–H groups in total. The van der Waals surface area contributed by atoms with Crippen molar-refractivity contribution in [2.75, 3.05) is 18.9 Å². The number of hydrogen-bond donors (Lipinski definition) is 1. The molecule has 62 valence electrons. The van der Waals surface area contributed by atoms with E-state index in [1.54, 1.807) is 0 Å². The third kappa shape index (κ3) is 1.21. The van der Waals surface area contributed by atoms with Crippen LogP contribution < -0.4 is 5.73 Å². The molecule has 0 spiro atoms. The fraction of sp³-hybridized carbons (Fsp3) is 0.200. The van der Waals surface area contributed by atoms with E-state index in [9.17, 15) is 0 Å². The molecule has 1 aromatic rings. The molecule has 2 rings (SSSR count). The lowest BCUT2D eigenvalue weighted by molar-refractivity contribution is 0.216. The summed E-state index contributed by atoms with van der Waals surface area (Å²) in [5, 5.41) is 0. The summed E-state index contributed by atoms with van der Waals surface area (Å²) in [6.45, 7) is 1.40. The van der Waals surface area contributed by atoms with Crippen LogP contribution in [0.5, 0.6) is 0 Å². The van der Waals surface area contributed by atoms with Gasteiger partial charge in [-0.25, -0.2) is 0 Å². The fourth-order valence-electron chi connectivity index (χ4n) is 1.36. The molecule has 0 saturated heterocycles. The molecular weight excluding hydrogens is 150 g/mol. The Morgan fingerprint density at radius 2 is 2.08 bits per heavy atom. The molecule has 2 heteroatoms. The molecule has 0 fully saturated rings. The maximum absolute atomic E-state index is 5.80. The molecular formula is C10H11NO. The predicted octanol–water partition coefficient (Wildman–Crippen LogP) is 1.68. The summed E-state index contributed by atoms with van der Waals surface area (Å²) in [6, 6.07) is 7.87. The zero-order valence-corrected chi connectivity index (χ0v) is 6.79. The number of nitrogen functional groups attached to an aromatic ring is 1. The lowest BCUT2D eigenvalue weighted by atomic mass is 10.1. The topological polar surface area (TPSA) is 35.2 Å². The minimum Gasteiger partial charge on any atom is -0.398 e. The second kappa shape index (κ2) is 2.99. The highest BCUT2D eigenvalue weighted by Gasteiger charge is 2.08. The molecule has 0 amide bonds. The van der Waals surface area contributed by atoms with Gasteiger partial charge in [0, 0.05) is 11.3 Å². The van der Waals surface area contributed by atoms with Gasteiger partial charge in [-0.2, -0.15) is 0 Å². The molecule has 2 nitrogen and oxygen atoms in total. The largest absolute Gasteiger partial charge is 0.398 e. The van der Waals surface area contributed by atoms with Gasteiger partial charge in [0.2, 0.25) is 0 Å². The van der Waals surface area contributed by atoms with Crippen LogP contribution in [0.1, 0.15) is 5.56 Å². The zero-order chi connectivity index (χ0) is 8.39. The lowest BCUT2D eigenvalue weighted by Gasteiger charge is -2.04. The minimum absolute atomic E-state index is 0.689. The first kappa shape index (κ1) is 7.37. The van der Waals surface area contributed by atoms with Crippen molar-refractivity contribution in [2.24, 2.45) is 0 Å². The summed E-state index contributed by atoms with van der Waals surface area (Å²) < 4.78 is 5.22. The van der Waals surface area contributed by atoms with Gasteiger partial charge >= 0.3 is 0 Å². The number of hydrogen-bond acceptors (Lipinski definition) is 2. The molecule has 0 aliphatic carbocycles. The Balaban J connectivity index is 2.39. The summed E-state index contributed by atoms with van der Waals surface area (Å²) in [4.78, 5) is 0. The number of ether oxygens (including phenoxy) is 1. The van der Waals surface area contributed by atoms with Crippen molar-refractivity contribution in [2.45, 2.75) is 0 Å². The molecule has 0 atom stereocenters. The van der Waals surface area contributed by atoms with Gasteiger partial charge in [-0.1, -0.05) is 24.3 Å². The number of anilines is 1. The van der Waals surface area contributed by atoms with E-state index in [0.717, 1.165) is 11.3 Å². The van der Waals surface area contributed by atoms with Gasteiger partial charge in [0.25, 0.3) is 0 Å². The van der Waals surface area contributed by atoms with Gasteiger partial charge in [-0.3, -0.25) is 0 Å². The molecule has 12 heavy (non-hydrogen) atoms. The van der Waals surface area contributed by atoms with Crippen molar-refractivity contribution in [3.63, 3.8) is 0 Å². The van der Waals surface area contributed by atoms with Crippen LogP contribution in [0.3, 0.4) is 0 Å². The summed E-state index contributed by atoms with van der Waals surface area (Å²) in [5.41, 5.74) is 8.94. The van der Waals surface area contributed by atoms with Crippen LogP contribution in [0.4, 0.5) is 5.69 Å². The monoisotopic (exact) mass is 161 g/mol. The molecule has 0 bridgehead atoms. The van der Waals surface area contributed by atoms with Crippen LogP contribution in [-0.2, 0) is 4.74 Å². The summed E-state index contributed by atoms with van der Waals surface area (Å²) in [7, 11) is 0. The Bertz CT molecular complexity index is 317. The Labute approximate surface area is 71.6 Å². The van der Waals surface area contributed by atoms with Gasteiger partial charge in [0.15, 0.2) is 0 Å². The standard InChI is InChI=1S/C10H11NO/c11-10-4-2-1-3-9(10)8-5-6-12-7-8/h1-5H,6-7,11H2. The van der Waals surface area contributed by atoms with Gasteiger partial charge < -0.3 is 10.5 Å². The molecule has 0 radical (unpaired) electrons. The van der Waals surface area contributed by atoms with Crippen molar-refractivity contribution >= 4 is 11.3 Å². The molecule has 1 aliphatic rings. The molecule has 0 saturated carbocycles. The van der Waals surface area contributed by atoms with Crippen molar-refractivity contribution in [3.05, 3.63) is 35.9 Å². The van der Waals surface area contributed by atoms with E-state index >= 15 is 0 Å². The van der Waals surface area contributed by atoms with E-state index in [-0.39, 0.29) is 0 Å². The van der Waals surface area contributed by atoms with Crippen LogP contribution in [0.25, 0.3) is 5.57 Å². The maximum Gasteiger partial charge on any atom is 0.0725 e. The van der Waals surface area contributed by atoms with Crippen LogP contribution in [0.2, 0.25) is 0 Å². The zero-order valence-electron chi connectivity index (χ0n) is 6.79. The molecule has 1 aliphatic heterocycles. The third-order valence-electron chi connectivity index (χ3n) is 2.01. The maximum atomic E-state index is 5.80. The van der Waals surface area contributed by atoms with Crippen LogP contribution in [0.15, 0.2) is 30.3 Å². The average molecular weight is 161 g/mol. The Kier molecular flexibility index (Phi) is 1.84. The van der Waals surface area contributed by atoms with E-state index in [4.69, 9.17) is 10.5 Å². The SMILES string of the molecule is Nc1ccccc1C1=CCOC1. The Morgan fingerprint density at radius 3 is 2.75 bits per heavy atom. The molecule has 1 heterocycles. The molecule has 1 aromatic carbocycles. The highest BCUT2D eigenvalue weighted by atomic mass is 16.5. The molecule has 0 aromatic heterocycles. The number of benzene rings is 1. The summed E-state index contributed by atoms with van der Waals surface area (Å²) in [5.74, 6) is 0. The first-order valence-electron chi connectivity index (χ1n) is 3.99. The van der Waals surface area contributed by atoms with Crippen molar-refractivity contribution in [3.8, 4) is 0 Å². The first-order valence-corrected chi connectivity index (χ1v) is 3.99. The fourth-order valence-corrected chi connectivity index (χ4v) is 1.36. The van der Waals surface area contributed by atoms with Crippen LogP contribution in [0, 0.1) is 0 Å². The average Bonchev–Trinajstić information content (AvgIpc) is 2.57. The van der Waals surface area contributed by atoms with Crippen molar-refractivity contribution < 1.29 is 4.74 Å². The van der Waals surface area contributed by atoms with E-state index in [2.05, 4.69) is 6.08 Å². The highest BCUT2D eigenvalue weighted by molar-refractivity contribution is 5.76. The number of para-hydroxylation sites is 1. The summed E-state index contributed by atoms with van der Waals surface area (Å²) >= 11 is 0. The Hall–Kier alpha value is -1.28. The van der Waals surface area contributed by atoms with Gasteiger partial charge in [0.05, 0.1) is 13.2 Å². The van der Waals surface area contributed by atoms with Gasteiger partial charge in [-0.15, -0.1) is 0 Å².